The topological polar surface area (TPSA) is 61.4 Å². The second-order valence-electron chi connectivity index (χ2n) is 7.63. The van der Waals surface area contributed by atoms with E-state index < -0.39 is 0 Å². The molecule has 2 N–H and O–H groups in total. The second-order valence-corrected chi connectivity index (χ2v) is 8.07. The minimum Gasteiger partial charge on any atom is -0.359 e. The zero-order valence-electron chi connectivity index (χ0n) is 16.8. The Balaban J connectivity index is 1.70. The number of piperidine rings is 1. The highest BCUT2D eigenvalue weighted by Gasteiger charge is 2.38. The van der Waals surface area contributed by atoms with Crippen LogP contribution in [0.2, 0.25) is 5.02 Å². The molecule has 3 rings (SSSR count). The molecule has 0 bridgehead atoms. The van der Waals surface area contributed by atoms with Gasteiger partial charge in [-0.05, 0) is 42.5 Å². The van der Waals surface area contributed by atoms with Crippen molar-refractivity contribution in [2.24, 2.45) is 0 Å². The summed E-state index contributed by atoms with van der Waals surface area (Å²) < 4.78 is 0. The predicted molar refractivity (Wildman–Crippen MR) is 116 cm³/mol. The van der Waals surface area contributed by atoms with E-state index in [0.29, 0.717) is 24.5 Å². The molecule has 6 heteroatoms. The largest absolute Gasteiger partial charge is 0.359 e. The lowest BCUT2D eigenvalue weighted by Gasteiger charge is -2.43. The molecule has 1 fully saturated rings. The SMILES string of the molecule is CNC(=O)CCC1(c2ccccc2)CCCN(C(=O)NCc2ccc(Cl)cc2)C1. The molecule has 0 aliphatic carbocycles. The van der Waals surface area contributed by atoms with Crippen LogP contribution in [-0.2, 0) is 16.8 Å². The third-order valence-corrected chi connectivity index (χ3v) is 5.97. The summed E-state index contributed by atoms with van der Waals surface area (Å²) in [4.78, 5) is 26.7. The maximum absolute atomic E-state index is 12.9. The van der Waals surface area contributed by atoms with Gasteiger partial charge in [0.05, 0.1) is 0 Å². The number of carbonyl (C=O) groups is 2. The van der Waals surface area contributed by atoms with Crippen LogP contribution in [0.1, 0.15) is 36.8 Å². The molecule has 2 aromatic carbocycles. The molecular weight excluding hydrogens is 386 g/mol. The van der Waals surface area contributed by atoms with Crippen molar-refractivity contribution in [2.45, 2.75) is 37.6 Å². The number of halogens is 1. The van der Waals surface area contributed by atoms with Gasteiger partial charge >= 0.3 is 6.03 Å². The van der Waals surface area contributed by atoms with Crippen molar-refractivity contribution in [3.63, 3.8) is 0 Å². The summed E-state index contributed by atoms with van der Waals surface area (Å²) in [7, 11) is 1.66. The average Bonchev–Trinajstić information content (AvgIpc) is 2.77. The van der Waals surface area contributed by atoms with E-state index in [9.17, 15) is 9.59 Å². The van der Waals surface area contributed by atoms with Crippen LogP contribution in [0.4, 0.5) is 4.79 Å². The Labute approximate surface area is 177 Å². The van der Waals surface area contributed by atoms with Crippen molar-refractivity contribution >= 4 is 23.5 Å². The average molecular weight is 414 g/mol. The van der Waals surface area contributed by atoms with Crippen LogP contribution < -0.4 is 10.6 Å². The van der Waals surface area contributed by atoms with Gasteiger partial charge in [-0.1, -0.05) is 54.1 Å². The van der Waals surface area contributed by atoms with Gasteiger partial charge in [-0.3, -0.25) is 4.79 Å². The van der Waals surface area contributed by atoms with Crippen LogP contribution in [0.3, 0.4) is 0 Å². The standard InChI is InChI=1S/C23H28ClN3O2/c1-25-21(28)12-14-23(19-6-3-2-4-7-19)13-5-15-27(17-23)22(29)26-16-18-8-10-20(24)11-9-18/h2-4,6-11H,5,12-17H2,1H3,(H,25,28)(H,26,29). The minimum atomic E-state index is -0.205. The summed E-state index contributed by atoms with van der Waals surface area (Å²) in [5, 5.41) is 6.41. The third kappa shape index (κ3) is 5.51. The number of carbonyl (C=O) groups excluding carboxylic acids is 2. The first kappa shape index (κ1) is 21.2. The molecule has 0 radical (unpaired) electrons. The van der Waals surface area contributed by atoms with Crippen molar-refractivity contribution in [1.82, 2.24) is 15.5 Å². The van der Waals surface area contributed by atoms with Crippen LogP contribution >= 0.6 is 11.6 Å². The van der Waals surface area contributed by atoms with E-state index in [1.807, 2.05) is 47.4 Å². The van der Waals surface area contributed by atoms with E-state index in [4.69, 9.17) is 11.6 Å². The Morgan fingerprint density at radius 3 is 2.52 bits per heavy atom. The Bertz CT molecular complexity index is 826. The predicted octanol–water partition coefficient (Wildman–Crippen LogP) is 4.11. The fraction of sp³-hybridized carbons (Fsp3) is 0.391. The lowest BCUT2D eigenvalue weighted by molar-refractivity contribution is -0.121. The molecule has 1 unspecified atom stereocenters. The minimum absolute atomic E-state index is 0.0321. The van der Waals surface area contributed by atoms with E-state index in [2.05, 4.69) is 22.8 Å². The van der Waals surface area contributed by atoms with Crippen LogP contribution in [0.25, 0.3) is 0 Å². The molecule has 1 heterocycles. The van der Waals surface area contributed by atoms with Crippen LogP contribution in [0.5, 0.6) is 0 Å². The molecule has 1 aliphatic rings. The van der Waals surface area contributed by atoms with Gasteiger partial charge in [-0.2, -0.15) is 0 Å². The number of rotatable bonds is 6. The third-order valence-electron chi connectivity index (χ3n) is 5.72. The molecular formula is C23H28ClN3O2. The van der Waals surface area contributed by atoms with E-state index in [1.165, 1.54) is 5.56 Å². The van der Waals surface area contributed by atoms with Gasteiger partial charge in [0.1, 0.15) is 0 Å². The zero-order valence-corrected chi connectivity index (χ0v) is 17.5. The highest BCUT2D eigenvalue weighted by atomic mass is 35.5. The summed E-state index contributed by atoms with van der Waals surface area (Å²) in [6.45, 7) is 1.80. The van der Waals surface area contributed by atoms with E-state index in [1.54, 1.807) is 7.05 Å². The number of hydrogen-bond donors (Lipinski definition) is 2. The molecule has 1 aliphatic heterocycles. The van der Waals surface area contributed by atoms with Crippen molar-refractivity contribution < 1.29 is 9.59 Å². The van der Waals surface area contributed by atoms with E-state index >= 15 is 0 Å². The molecule has 1 atom stereocenters. The maximum Gasteiger partial charge on any atom is 0.317 e. The smallest absolute Gasteiger partial charge is 0.317 e. The fourth-order valence-electron chi connectivity index (χ4n) is 4.05. The van der Waals surface area contributed by atoms with Gasteiger partial charge in [-0.15, -0.1) is 0 Å². The molecule has 3 amide bonds. The Hall–Kier alpha value is -2.53. The molecule has 5 nitrogen and oxygen atoms in total. The Morgan fingerprint density at radius 1 is 1.10 bits per heavy atom. The fourth-order valence-corrected chi connectivity index (χ4v) is 4.18. The summed E-state index contributed by atoms with van der Waals surface area (Å²) in [5.74, 6) is 0.0321. The van der Waals surface area contributed by atoms with Gasteiger partial charge in [-0.25, -0.2) is 4.79 Å². The molecule has 0 saturated carbocycles. The summed E-state index contributed by atoms with van der Waals surface area (Å²) >= 11 is 5.92. The molecule has 2 aromatic rings. The first-order valence-corrected chi connectivity index (χ1v) is 10.4. The zero-order chi connectivity index (χ0) is 20.7. The van der Waals surface area contributed by atoms with Crippen molar-refractivity contribution in [3.05, 3.63) is 70.7 Å². The number of amides is 3. The van der Waals surface area contributed by atoms with Crippen molar-refractivity contribution in [1.29, 1.82) is 0 Å². The summed E-state index contributed by atoms with van der Waals surface area (Å²) in [5.41, 5.74) is 2.00. The normalized spacial score (nSPS) is 18.9. The van der Waals surface area contributed by atoms with Gasteiger partial charge in [0.15, 0.2) is 0 Å². The number of urea groups is 1. The Kier molecular flexibility index (Phi) is 7.15. The lowest BCUT2D eigenvalue weighted by atomic mass is 9.71. The summed E-state index contributed by atoms with van der Waals surface area (Å²) in [6.07, 6.45) is 3.05. The van der Waals surface area contributed by atoms with E-state index in [-0.39, 0.29) is 17.4 Å². The van der Waals surface area contributed by atoms with Crippen LogP contribution in [0.15, 0.2) is 54.6 Å². The van der Waals surface area contributed by atoms with Crippen LogP contribution in [0, 0.1) is 0 Å². The molecule has 154 valence electrons. The number of benzene rings is 2. The number of nitrogens with zero attached hydrogens (tertiary/aromatic N) is 1. The monoisotopic (exact) mass is 413 g/mol. The molecule has 1 saturated heterocycles. The number of likely N-dealkylation sites (tertiary alicyclic amines) is 1. The Morgan fingerprint density at radius 2 is 1.83 bits per heavy atom. The first-order chi connectivity index (χ1) is 14.0. The number of hydrogen-bond acceptors (Lipinski definition) is 2. The maximum atomic E-state index is 12.9. The summed E-state index contributed by atoms with van der Waals surface area (Å²) in [6, 6.07) is 17.7. The van der Waals surface area contributed by atoms with Gasteiger partial charge in [0.25, 0.3) is 0 Å². The van der Waals surface area contributed by atoms with Crippen LogP contribution in [-0.4, -0.2) is 37.0 Å². The van der Waals surface area contributed by atoms with Crippen molar-refractivity contribution in [2.75, 3.05) is 20.1 Å². The van der Waals surface area contributed by atoms with E-state index in [0.717, 1.165) is 31.4 Å². The van der Waals surface area contributed by atoms with Crippen molar-refractivity contribution in [3.8, 4) is 0 Å². The van der Waals surface area contributed by atoms with Gasteiger partial charge < -0.3 is 15.5 Å². The van der Waals surface area contributed by atoms with Gasteiger partial charge in [0, 0.05) is 43.5 Å². The van der Waals surface area contributed by atoms with Gasteiger partial charge in [0.2, 0.25) is 5.91 Å². The molecule has 0 spiro atoms. The second kappa shape index (κ2) is 9.79. The first-order valence-electron chi connectivity index (χ1n) is 10.1. The molecule has 0 aromatic heterocycles. The number of nitrogens with one attached hydrogen (secondary N) is 2. The molecule has 29 heavy (non-hydrogen) atoms. The quantitative estimate of drug-likeness (QED) is 0.748. The highest BCUT2D eigenvalue weighted by Crippen LogP contribution is 2.38. The highest BCUT2D eigenvalue weighted by molar-refractivity contribution is 6.30. The lowest BCUT2D eigenvalue weighted by Crippen LogP contribution is -2.51.